The van der Waals surface area contributed by atoms with Gasteiger partial charge in [-0.2, -0.15) is 0 Å². The standard InChI is InChI=1S/C12H10N2O3/c1-17-9-3-5-14-11(7-9)10-6-8(12(15)16)2-4-13-10/h2-7H,1H3,(H,15,16). The summed E-state index contributed by atoms with van der Waals surface area (Å²) in [7, 11) is 1.56. The number of aromatic nitrogens is 2. The summed E-state index contributed by atoms with van der Waals surface area (Å²) < 4.78 is 5.07. The van der Waals surface area contributed by atoms with Crippen molar-refractivity contribution >= 4 is 5.97 Å². The predicted octanol–water partition coefficient (Wildman–Crippen LogP) is 1.85. The Kier molecular flexibility index (Phi) is 3.00. The van der Waals surface area contributed by atoms with E-state index in [1.165, 1.54) is 18.3 Å². The Hall–Kier alpha value is -2.43. The summed E-state index contributed by atoms with van der Waals surface area (Å²) in [5, 5.41) is 8.88. The number of carboxylic acids is 1. The molecule has 17 heavy (non-hydrogen) atoms. The molecule has 0 saturated carbocycles. The van der Waals surface area contributed by atoms with E-state index >= 15 is 0 Å². The molecule has 0 atom stereocenters. The lowest BCUT2D eigenvalue weighted by Crippen LogP contribution is -1.98. The van der Waals surface area contributed by atoms with E-state index in [9.17, 15) is 4.79 Å². The second kappa shape index (κ2) is 4.61. The molecule has 0 aromatic carbocycles. The van der Waals surface area contributed by atoms with Crippen LogP contribution in [-0.4, -0.2) is 28.2 Å². The Morgan fingerprint density at radius 2 is 1.82 bits per heavy atom. The number of carboxylic acid groups (broad SMARTS) is 1. The summed E-state index contributed by atoms with van der Waals surface area (Å²) in [5.41, 5.74) is 1.26. The normalized spacial score (nSPS) is 9.94. The minimum Gasteiger partial charge on any atom is -0.497 e. The highest BCUT2D eigenvalue weighted by Crippen LogP contribution is 2.19. The smallest absolute Gasteiger partial charge is 0.335 e. The van der Waals surface area contributed by atoms with Crippen molar-refractivity contribution in [3.63, 3.8) is 0 Å². The third-order valence-electron chi connectivity index (χ3n) is 2.24. The number of hydrogen-bond donors (Lipinski definition) is 1. The fourth-order valence-electron chi connectivity index (χ4n) is 1.38. The van der Waals surface area contributed by atoms with Crippen molar-refractivity contribution < 1.29 is 14.6 Å². The van der Waals surface area contributed by atoms with E-state index in [1.54, 1.807) is 25.4 Å². The van der Waals surface area contributed by atoms with Gasteiger partial charge < -0.3 is 9.84 Å². The van der Waals surface area contributed by atoms with Crippen LogP contribution in [-0.2, 0) is 0 Å². The van der Waals surface area contributed by atoms with Crippen LogP contribution in [0, 0.1) is 0 Å². The van der Waals surface area contributed by atoms with E-state index in [1.807, 2.05) is 0 Å². The molecule has 0 aliphatic heterocycles. The van der Waals surface area contributed by atoms with Crippen molar-refractivity contribution in [2.24, 2.45) is 0 Å². The minimum absolute atomic E-state index is 0.180. The van der Waals surface area contributed by atoms with Crippen molar-refractivity contribution in [2.75, 3.05) is 7.11 Å². The van der Waals surface area contributed by atoms with Gasteiger partial charge in [-0.1, -0.05) is 0 Å². The number of hydrogen-bond acceptors (Lipinski definition) is 4. The molecule has 1 N–H and O–H groups in total. The quantitative estimate of drug-likeness (QED) is 0.871. The van der Waals surface area contributed by atoms with Crippen LogP contribution in [0.15, 0.2) is 36.7 Å². The zero-order chi connectivity index (χ0) is 12.3. The fourth-order valence-corrected chi connectivity index (χ4v) is 1.38. The van der Waals surface area contributed by atoms with Crippen molar-refractivity contribution in [2.45, 2.75) is 0 Å². The molecule has 0 aliphatic carbocycles. The van der Waals surface area contributed by atoms with Gasteiger partial charge in [0.1, 0.15) is 5.75 Å². The molecule has 2 aromatic heterocycles. The Morgan fingerprint density at radius 3 is 2.47 bits per heavy atom. The van der Waals surface area contributed by atoms with Crippen molar-refractivity contribution in [3.8, 4) is 17.1 Å². The second-order valence-electron chi connectivity index (χ2n) is 3.32. The third kappa shape index (κ3) is 2.39. The van der Waals surface area contributed by atoms with Gasteiger partial charge in [0.15, 0.2) is 0 Å². The molecular weight excluding hydrogens is 220 g/mol. The SMILES string of the molecule is COc1ccnc(-c2cc(C(=O)O)ccn2)c1. The number of methoxy groups -OCH3 is 1. The van der Waals surface area contributed by atoms with Gasteiger partial charge in [-0.25, -0.2) is 4.79 Å². The van der Waals surface area contributed by atoms with Crippen LogP contribution in [0.1, 0.15) is 10.4 Å². The van der Waals surface area contributed by atoms with Gasteiger partial charge in [0.25, 0.3) is 0 Å². The molecule has 2 heterocycles. The third-order valence-corrected chi connectivity index (χ3v) is 2.24. The van der Waals surface area contributed by atoms with Gasteiger partial charge in [-0.3, -0.25) is 9.97 Å². The minimum atomic E-state index is -0.989. The molecule has 0 amide bonds. The lowest BCUT2D eigenvalue weighted by Gasteiger charge is -2.03. The molecule has 86 valence electrons. The number of pyridine rings is 2. The van der Waals surface area contributed by atoms with Crippen molar-refractivity contribution in [1.82, 2.24) is 9.97 Å². The van der Waals surface area contributed by atoms with Gasteiger partial charge in [-0.05, 0) is 18.2 Å². The molecule has 2 rings (SSSR count). The summed E-state index contributed by atoms with van der Waals surface area (Å²) in [5.74, 6) is -0.339. The highest BCUT2D eigenvalue weighted by Gasteiger charge is 2.07. The first-order chi connectivity index (χ1) is 8.20. The predicted molar refractivity (Wildman–Crippen MR) is 61.0 cm³/mol. The monoisotopic (exact) mass is 230 g/mol. The van der Waals surface area contributed by atoms with Crippen molar-refractivity contribution in [1.29, 1.82) is 0 Å². The van der Waals surface area contributed by atoms with Crippen LogP contribution in [0.25, 0.3) is 11.4 Å². The Morgan fingerprint density at radius 1 is 1.18 bits per heavy atom. The molecule has 0 bridgehead atoms. The molecule has 0 aliphatic rings. The van der Waals surface area contributed by atoms with Gasteiger partial charge >= 0.3 is 5.97 Å². The van der Waals surface area contributed by atoms with Gasteiger partial charge in [0.05, 0.1) is 24.1 Å². The molecule has 0 saturated heterocycles. The summed E-state index contributed by atoms with van der Waals surface area (Å²) in [6.07, 6.45) is 3.03. The molecular formula is C12H10N2O3. The molecule has 0 unspecified atom stereocenters. The topological polar surface area (TPSA) is 72.3 Å². The van der Waals surface area contributed by atoms with Crippen LogP contribution < -0.4 is 4.74 Å². The van der Waals surface area contributed by atoms with Crippen LogP contribution in [0.5, 0.6) is 5.75 Å². The van der Waals surface area contributed by atoms with Crippen molar-refractivity contribution in [3.05, 3.63) is 42.2 Å². The molecule has 0 fully saturated rings. The van der Waals surface area contributed by atoms with Gasteiger partial charge in [0, 0.05) is 18.5 Å². The van der Waals surface area contributed by atoms with Crippen LogP contribution in [0.4, 0.5) is 0 Å². The number of aromatic carboxylic acids is 1. The van der Waals surface area contributed by atoms with Crippen LogP contribution >= 0.6 is 0 Å². The lowest BCUT2D eigenvalue weighted by atomic mass is 10.2. The first kappa shape index (κ1) is 11.1. The average Bonchev–Trinajstić information content (AvgIpc) is 2.39. The Bertz CT molecular complexity index is 555. The van der Waals surface area contributed by atoms with E-state index in [-0.39, 0.29) is 5.56 Å². The van der Waals surface area contributed by atoms with Gasteiger partial charge in [0.2, 0.25) is 0 Å². The molecule has 0 radical (unpaired) electrons. The van der Waals surface area contributed by atoms with E-state index in [0.29, 0.717) is 17.1 Å². The number of ether oxygens (including phenoxy) is 1. The zero-order valence-electron chi connectivity index (χ0n) is 9.12. The lowest BCUT2D eigenvalue weighted by molar-refractivity contribution is 0.0697. The maximum absolute atomic E-state index is 10.8. The van der Waals surface area contributed by atoms with Crippen LogP contribution in [0.3, 0.4) is 0 Å². The number of nitrogens with zero attached hydrogens (tertiary/aromatic N) is 2. The summed E-state index contributed by atoms with van der Waals surface area (Å²) in [6.45, 7) is 0. The van der Waals surface area contributed by atoms with E-state index in [0.717, 1.165) is 0 Å². The highest BCUT2D eigenvalue weighted by molar-refractivity contribution is 5.88. The zero-order valence-corrected chi connectivity index (χ0v) is 9.12. The molecule has 5 heteroatoms. The molecule has 0 spiro atoms. The average molecular weight is 230 g/mol. The van der Waals surface area contributed by atoms with Gasteiger partial charge in [-0.15, -0.1) is 0 Å². The fraction of sp³-hybridized carbons (Fsp3) is 0.0833. The number of carbonyl (C=O) groups is 1. The number of rotatable bonds is 3. The molecule has 5 nitrogen and oxygen atoms in total. The summed E-state index contributed by atoms with van der Waals surface area (Å²) in [4.78, 5) is 19.0. The maximum Gasteiger partial charge on any atom is 0.335 e. The first-order valence-corrected chi connectivity index (χ1v) is 4.90. The highest BCUT2D eigenvalue weighted by atomic mass is 16.5. The largest absolute Gasteiger partial charge is 0.497 e. The summed E-state index contributed by atoms with van der Waals surface area (Å²) in [6, 6.07) is 6.33. The Labute approximate surface area is 97.7 Å². The first-order valence-electron chi connectivity index (χ1n) is 4.90. The Balaban J connectivity index is 2.45. The van der Waals surface area contributed by atoms with Crippen LogP contribution in [0.2, 0.25) is 0 Å². The maximum atomic E-state index is 10.8. The summed E-state index contributed by atoms with van der Waals surface area (Å²) >= 11 is 0. The van der Waals surface area contributed by atoms with E-state index < -0.39 is 5.97 Å². The van der Waals surface area contributed by atoms with E-state index in [2.05, 4.69) is 9.97 Å². The van der Waals surface area contributed by atoms with E-state index in [4.69, 9.17) is 9.84 Å². The second-order valence-corrected chi connectivity index (χ2v) is 3.32. The molecule has 2 aromatic rings.